The Hall–Kier alpha value is -4.72. The van der Waals surface area contributed by atoms with Gasteiger partial charge in [-0.25, -0.2) is 4.39 Å². The van der Waals surface area contributed by atoms with Crippen LogP contribution in [-0.4, -0.2) is 63.9 Å². The number of rotatable bonds is 7. The van der Waals surface area contributed by atoms with Gasteiger partial charge in [0.25, 0.3) is 0 Å². The average molecular weight is 598 g/mol. The first-order valence-corrected chi connectivity index (χ1v) is 13.1. The van der Waals surface area contributed by atoms with Gasteiger partial charge in [0.15, 0.2) is 5.82 Å². The van der Waals surface area contributed by atoms with Crippen molar-refractivity contribution in [2.24, 2.45) is 0 Å². The van der Waals surface area contributed by atoms with Crippen LogP contribution in [0.4, 0.5) is 17.6 Å². The average Bonchev–Trinajstić information content (AvgIpc) is 3.76. The number of carbonyl (C=O) groups is 1. The fraction of sp³-hybridized carbons (Fsp3) is 0.222. The van der Waals surface area contributed by atoms with E-state index in [1.54, 1.807) is 34.0 Å². The van der Waals surface area contributed by atoms with Gasteiger partial charge < -0.3 is 4.90 Å². The minimum Gasteiger partial charge on any atom is -0.340 e. The van der Waals surface area contributed by atoms with E-state index in [4.69, 9.17) is 11.6 Å². The van der Waals surface area contributed by atoms with E-state index in [1.165, 1.54) is 35.5 Å². The van der Waals surface area contributed by atoms with Gasteiger partial charge in [0.05, 0.1) is 22.6 Å². The monoisotopic (exact) mass is 597 g/mol. The molecule has 6 rings (SSSR count). The van der Waals surface area contributed by atoms with Gasteiger partial charge in [0.2, 0.25) is 5.91 Å². The highest BCUT2D eigenvalue weighted by Gasteiger charge is 2.33. The molecule has 5 heterocycles. The molecular formula is C27H20ClF4N9O. The SMILES string of the molecule is O=C1CCCN1C[C@H](c1ccc(-c2c(-n3cnnn3)ccc(Cl)c2F)cn1)n1cc(-c2ccnc(C(F)(F)F)c2)cn1. The first-order valence-electron chi connectivity index (χ1n) is 12.7. The highest BCUT2D eigenvalue weighted by atomic mass is 35.5. The summed E-state index contributed by atoms with van der Waals surface area (Å²) >= 11 is 6.08. The van der Waals surface area contributed by atoms with E-state index in [0.29, 0.717) is 41.9 Å². The third kappa shape index (κ3) is 5.32. The highest BCUT2D eigenvalue weighted by Crippen LogP contribution is 2.34. The Kier molecular flexibility index (Phi) is 7.14. The van der Waals surface area contributed by atoms with E-state index in [0.717, 1.165) is 12.3 Å². The van der Waals surface area contributed by atoms with Gasteiger partial charge in [0, 0.05) is 54.8 Å². The third-order valence-electron chi connectivity index (χ3n) is 6.95. The smallest absolute Gasteiger partial charge is 0.340 e. The first-order chi connectivity index (χ1) is 20.2. The van der Waals surface area contributed by atoms with Gasteiger partial charge in [-0.1, -0.05) is 17.7 Å². The van der Waals surface area contributed by atoms with E-state index in [2.05, 4.69) is 30.6 Å². The molecule has 42 heavy (non-hydrogen) atoms. The highest BCUT2D eigenvalue weighted by molar-refractivity contribution is 6.31. The number of tetrazole rings is 1. The number of alkyl halides is 3. The Morgan fingerprint density at radius 3 is 2.57 bits per heavy atom. The summed E-state index contributed by atoms with van der Waals surface area (Å²) in [7, 11) is 0. The Morgan fingerprint density at radius 2 is 1.88 bits per heavy atom. The zero-order chi connectivity index (χ0) is 29.4. The maximum absolute atomic E-state index is 15.3. The Morgan fingerprint density at radius 1 is 1.02 bits per heavy atom. The quantitative estimate of drug-likeness (QED) is 0.243. The van der Waals surface area contributed by atoms with E-state index in [-0.39, 0.29) is 28.6 Å². The van der Waals surface area contributed by atoms with Crippen molar-refractivity contribution in [1.82, 2.24) is 44.9 Å². The summed E-state index contributed by atoms with van der Waals surface area (Å²) in [5.74, 6) is -0.689. The zero-order valence-electron chi connectivity index (χ0n) is 21.6. The second-order valence-corrected chi connectivity index (χ2v) is 9.98. The van der Waals surface area contributed by atoms with Crippen LogP contribution in [0.2, 0.25) is 5.02 Å². The van der Waals surface area contributed by atoms with Crippen LogP contribution in [-0.2, 0) is 11.0 Å². The van der Waals surface area contributed by atoms with Crippen molar-refractivity contribution < 1.29 is 22.4 Å². The molecule has 1 aliphatic heterocycles. The predicted octanol–water partition coefficient (Wildman–Crippen LogP) is 5.01. The number of aromatic nitrogens is 8. The Bertz CT molecular complexity index is 1740. The van der Waals surface area contributed by atoms with Crippen LogP contribution in [0.1, 0.15) is 30.3 Å². The molecule has 1 amide bonds. The number of halogens is 5. The van der Waals surface area contributed by atoms with Crippen molar-refractivity contribution in [3.8, 4) is 27.9 Å². The second-order valence-electron chi connectivity index (χ2n) is 9.58. The van der Waals surface area contributed by atoms with Crippen molar-refractivity contribution in [1.29, 1.82) is 0 Å². The van der Waals surface area contributed by atoms with Gasteiger partial charge in [-0.15, -0.1) is 5.10 Å². The number of hydrogen-bond acceptors (Lipinski definition) is 7. The maximum atomic E-state index is 15.3. The van der Waals surface area contributed by atoms with Crippen LogP contribution < -0.4 is 0 Å². The van der Waals surface area contributed by atoms with Gasteiger partial charge in [-0.3, -0.25) is 19.4 Å². The molecule has 5 aromatic rings. The molecular weight excluding hydrogens is 578 g/mol. The number of carbonyl (C=O) groups excluding carboxylic acids is 1. The van der Waals surface area contributed by atoms with Crippen molar-refractivity contribution in [3.63, 3.8) is 0 Å². The Labute approximate surface area is 240 Å². The number of likely N-dealkylation sites (tertiary alicyclic amines) is 1. The third-order valence-corrected chi connectivity index (χ3v) is 7.25. The van der Waals surface area contributed by atoms with Crippen molar-refractivity contribution in [3.05, 3.63) is 89.7 Å². The number of amides is 1. The summed E-state index contributed by atoms with van der Waals surface area (Å²) in [6.07, 6.45) is 3.48. The van der Waals surface area contributed by atoms with Crippen LogP contribution in [0, 0.1) is 5.82 Å². The fourth-order valence-corrected chi connectivity index (χ4v) is 5.03. The molecule has 0 unspecified atom stereocenters. The molecule has 4 aromatic heterocycles. The molecule has 1 fully saturated rings. The summed E-state index contributed by atoms with van der Waals surface area (Å²) in [5, 5.41) is 15.4. The summed E-state index contributed by atoms with van der Waals surface area (Å²) in [4.78, 5) is 22.2. The summed E-state index contributed by atoms with van der Waals surface area (Å²) in [5.41, 5.74) is 1.10. The van der Waals surface area contributed by atoms with Crippen LogP contribution in [0.5, 0.6) is 0 Å². The molecule has 1 atom stereocenters. The summed E-state index contributed by atoms with van der Waals surface area (Å²) < 4.78 is 57.8. The Balaban J connectivity index is 1.37. The molecule has 15 heteroatoms. The first kappa shape index (κ1) is 27.4. The molecule has 1 saturated heterocycles. The topological polar surface area (TPSA) is 108 Å². The molecule has 214 valence electrons. The predicted molar refractivity (Wildman–Crippen MR) is 142 cm³/mol. The lowest BCUT2D eigenvalue weighted by molar-refractivity contribution is -0.141. The fourth-order valence-electron chi connectivity index (χ4n) is 4.87. The molecule has 0 aliphatic carbocycles. The lowest BCUT2D eigenvalue weighted by atomic mass is 10.0. The minimum atomic E-state index is -4.59. The zero-order valence-corrected chi connectivity index (χ0v) is 22.3. The van der Waals surface area contributed by atoms with E-state index < -0.39 is 23.7 Å². The van der Waals surface area contributed by atoms with Crippen LogP contribution >= 0.6 is 11.6 Å². The van der Waals surface area contributed by atoms with E-state index in [9.17, 15) is 18.0 Å². The van der Waals surface area contributed by atoms with Crippen molar-refractivity contribution >= 4 is 17.5 Å². The summed E-state index contributed by atoms with van der Waals surface area (Å²) in [6.45, 7) is 0.793. The normalized spacial score (nSPS) is 14.5. The number of benzene rings is 1. The molecule has 10 nitrogen and oxygen atoms in total. The number of hydrogen-bond donors (Lipinski definition) is 0. The largest absolute Gasteiger partial charge is 0.433 e. The van der Waals surface area contributed by atoms with Gasteiger partial charge in [-0.05, 0) is 52.7 Å². The summed E-state index contributed by atoms with van der Waals surface area (Å²) in [6, 6.07) is 8.16. The van der Waals surface area contributed by atoms with Gasteiger partial charge in [0.1, 0.15) is 18.1 Å². The van der Waals surface area contributed by atoms with Crippen LogP contribution in [0.3, 0.4) is 0 Å². The van der Waals surface area contributed by atoms with Crippen LogP contribution in [0.15, 0.2) is 67.5 Å². The van der Waals surface area contributed by atoms with Crippen LogP contribution in [0.25, 0.3) is 27.9 Å². The van der Waals surface area contributed by atoms with Crippen molar-refractivity contribution in [2.45, 2.75) is 25.1 Å². The molecule has 0 radical (unpaired) electrons. The molecule has 1 aliphatic rings. The van der Waals surface area contributed by atoms with Gasteiger partial charge >= 0.3 is 6.18 Å². The van der Waals surface area contributed by atoms with Gasteiger partial charge in [-0.2, -0.15) is 23.0 Å². The number of pyridine rings is 2. The maximum Gasteiger partial charge on any atom is 0.433 e. The number of nitrogens with zero attached hydrogens (tertiary/aromatic N) is 9. The lowest BCUT2D eigenvalue weighted by Crippen LogP contribution is -2.33. The molecule has 0 bridgehead atoms. The molecule has 1 aromatic carbocycles. The minimum absolute atomic E-state index is 0.0139. The molecule has 0 saturated carbocycles. The second kappa shape index (κ2) is 10.9. The van der Waals surface area contributed by atoms with Crippen molar-refractivity contribution in [2.75, 3.05) is 13.1 Å². The van der Waals surface area contributed by atoms with E-state index >= 15 is 4.39 Å². The lowest BCUT2D eigenvalue weighted by Gasteiger charge is -2.24. The standard InChI is InChI=1S/C27H20ClF4N9O/c28-19-4-6-21(41-15-35-37-38-41)25(26(19)29)17-3-5-20(34-11-17)22(14-39-9-1-2-24(39)42)40-13-18(12-36-40)16-7-8-33-23(10-16)27(30,31)32/h3-8,10-13,15,22H,1-2,9,14H2/t22-/m1/s1. The molecule has 0 N–H and O–H groups in total. The molecule has 0 spiro atoms. The van der Waals surface area contributed by atoms with E-state index in [1.807, 2.05) is 0 Å².